The number of fused-ring (bicyclic) bond motifs is 9. The summed E-state index contributed by atoms with van der Waals surface area (Å²) in [5.41, 5.74) is 10.1. The zero-order chi connectivity index (χ0) is 30.6. The van der Waals surface area contributed by atoms with Crippen molar-refractivity contribution in [3.8, 4) is 22.4 Å². The van der Waals surface area contributed by atoms with Crippen molar-refractivity contribution in [2.45, 2.75) is 0 Å². The van der Waals surface area contributed by atoms with E-state index in [4.69, 9.17) is 18.8 Å². The van der Waals surface area contributed by atoms with Crippen LogP contribution in [0.1, 0.15) is 0 Å². The molecule has 0 spiro atoms. The molecule has 0 atom stereocenters. The molecule has 1 aliphatic rings. The highest BCUT2D eigenvalue weighted by molar-refractivity contribution is 6.16. The third-order valence-corrected chi connectivity index (χ3v) is 9.58. The van der Waals surface area contributed by atoms with Gasteiger partial charge < -0.3 is 8.83 Å². The van der Waals surface area contributed by atoms with E-state index >= 15 is 0 Å². The third-order valence-electron chi connectivity index (χ3n) is 9.58. The highest BCUT2D eigenvalue weighted by Crippen LogP contribution is 2.52. The number of rotatable bonds is 2. The molecule has 0 aliphatic carbocycles. The Balaban J connectivity index is 1.26. The van der Waals surface area contributed by atoms with Crippen LogP contribution >= 0.6 is 0 Å². The maximum atomic E-state index is 6.54. The van der Waals surface area contributed by atoms with Crippen molar-refractivity contribution in [2.75, 3.05) is 4.90 Å². The van der Waals surface area contributed by atoms with Crippen LogP contribution in [0.3, 0.4) is 0 Å². The quantitative estimate of drug-likeness (QED) is 0.197. The molecule has 10 aromatic rings. The fourth-order valence-corrected chi connectivity index (χ4v) is 7.45. The molecule has 7 aromatic carbocycles. The summed E-state index contributed by atoms with van der Waals surface area (Å²) in [5, 5.41) is 7.78. The monoisotopic (exact) mass is 601 g/mol. The normalized spacial score (nSPS) is 12.6. The molecule has 47 heavy (non-hydrogen) atoms. The summed E-state index contributed by atoms with van der Waals surface area (Å²) in [6.45, 7) is 0. The fraction of sp³-hybridized carbons (Fsp3) is 0. The van der Waals surface area contributed by atoms with Gasteiger partial charge in [-0.2, -0.15) is 0 Å². The van der Waals surface area contributed by atoms with Crippen molar-refractivity contribution in [3.63, 3.8) is 0 Å². The Morgan fingerprint density at radius 3 is 2.04 bits per heavy atom. The first-order valence-corrected chi connectivity index (χ1v) is 15.7. The molecule has 0 bridgehead atoms. The van der Waals surface area contributed by atoms with Gasteiger partial charge in [-0.3, -0.25) is 4.90 Å². The van der Waals surface area contributed by atoms with Gasteiger partial charge in [-0.25, -0.2) is 9.97 Å². The first kappa shape index (κ1) is 24.8. The Bertz CT molecular complexity index is 2930. The topological polar surface area (TPSA) is 55.3 Å². The average Bonchev–Trinajstić information content (AvgIpc) is 3.69. The molecule has 218 valence electrons. The van der Waals surface area contributed by atoms with Crippen LogP contribution < -0.4 is 4.90 Å². The van der Waals surface area contributed by atoms with Gasteiger partial charge in [-0.15, -0.1) is 0 Å². The lowest BCUT2D eigenvalue weighted by Gasteiger charge is -2.32. The number of hydrogen-bond donors (Lipinski definition) is 0. The average molecular weight is 602 g/mol. The molecule has 0 N–H and O–H groups in total. The molecule has 5 heteroatoms. The van der Waals surface area contributed by atoms with E-state index in [1.807, 2.05) is 42.5 Å². The molecule has 4 heterocycles. The zero-order valence-electron chi connectivity index (χ0n) is 24.9. The lowest BCUT2D eigenvalue weighted by atomic mass is 9.89. The second-order valence-corrected chi connectivity index (χ2v) is 12.2. The van der Waals surface area contributed by atoms with Gasteiger partial charge in [0.05, 0.1) is 11.4 Å². The largest absolute Gasteiger partial charge is 0.456 e. The van der Waals surface area contributed by atoms with E-state index in [0.717, 1.165) is 72.0 Å². The molecular weight excluding hydrogens is 578 g/mol. The van der Waals surface area contributed by atoms with Gasteiger partial charge in [0.1, 0.15) is 28.0 Å². The number of nitrogens with zero attached hydrogens (tertiary/aromatic N) is 3. The van der Waals surface area contributed by atoms with E-state index in [1.165, 1.54) is 21.7 Å². The summed E-state index contributed by atoms with van der Waals surface area (Å²) >= 11 is 0. The maximum Gasteiger partial charge on any atom is 0.236 e. The van der Waals surface area contributed by atoms with Gasteiger partial charge in [-0.05, 0) is 76.3 Å². The van der Waals surface area contributed by atoms with Crippen LogP contribution in [0.2, 0.25) is 0 Å². The van der Waals surface area contributed by atoms with E-state index in [0.29, 0.717) is 11.5 Å². The highest BCUT2D eigenvalue weighted by Gasteiger charge is 2.30. The highest BCUT2D eigenvalue weighted by atomic mass is 16.3. The molecule has 3 aromatic heterocycles. The fourth-order valence-electron chi connectivity index (χ4n) is 7.45. The molecule has 5 nitrogen and oxygen atoms in total. The van der Waals surface area contributed by atoms with E-state index < -0.39 is 0 Å². The van der Waals surface area contributed by atoms with Crippen molar-refractivity contribution >= 4 is 82.9 Å². The van der Waals surface area contributed by atoms with Crippen molar-refractivity contribution < 1.29 is 8.83 Å². The molecule has 0 saturated heterocycles. The van der Waals surface area contributed by atoms with Crippen molar-refractivity contribution in [3.05, 3.63) is 140 Å². The summed E-state index contributed by atoms with van der Waals surface area (Å²) in [6.07, 6.45) is 0. The standard InChI is InChI=1S/C42H23N3O2/c1-2-10-26-23-34-31(21-25(26)9-1)29-15-7-11-24-12-8-16-33(38(24)29)45(34)42-43-39(41-40(44-42)30-14-4-6-18-36(30)47-41)27-19-20-37-32(22-27)28-13-3-5-17-35(28)46-37/h1-23H. The molecular formula is C42H23N3O2. The van der Waals surface area contributed by atoms with Gasteiger partial charge in [-0.1, -0.05) is 84.9 Å². The second-order valence-electron chi connectivity index (χ2n) is 12.2. The lowest BCUT2D eigenvalue weighted by molar-refractivity contribution is 0.666. The number of aromatic nitrogens is 2. The van der Waals surface area contributed by atoms with Crippen molar-refractivity contribution in [1.29, 1.82) is 0 Å². The Morgan fingerprint density at radius 2 is 1.17 bits per heavy atom. The molecule has 1 aliphatic heterocycles. The maximum absolute atomic E-state index is 6.54. The minimum atomic E-state index is 0.592. The SMILES string of the molecule is c1ccc2cc3c(cc2c1)-c1cccc2cccc(c12)N3c1nc(-c2ccc3oc4ccccc4c3c2)c2oc3ccccc3c2n1. The number of furan rings is 2. The summed E-state index contributed by atoms with van der Waals surface area (Å²) < 4.78 is 12.7. The van der Waals surface area contributed by atoms with Crippen molar-refractivity contribution in [2.24, 2.45) is 0 Å². The number of hydrogen-bond acceptors (Lipinski definition) is 5. The van der Waals surface area contributed by atoms with Crippen LogP contribution in [-0.4, -0.2) is 9.97 Å². The Hall–Kier alpha value is -6.46. The van der Waals surface area contributed by atoms with Gasteiger partial charge in [0.15, 0.2) is 5.58 Å². The smallest absolute Gasteiger partial charge is 0.236 e. The van der Waals surface area contributed by atoms with E-state index in [-0.39, 0.29) is 0 Å². The molecule has 0 saturated carbocycles. The molecule has 0 unspecified atom stereocenters. The molecule has 0 fully saturated rings. The van der Waals surface area contributed by atoms with Crippen LogP contribution in [0.5, 0.6) is 0 Å². The third kappa shape index (κ3) is 3.43. The Morgan fingerprint density at radius 1 is 0.468 bits per heavy atom. The Labute approximate surface area is 267 Å². The molecule has 0 radical (unpaired) electrons. The van der Waals surface area contributed by atoms with Gasteiger partial charge in [0, 0.05) is 32.7 Å². The van der Waals surface area contributed by atoms with Crippen LogP contribution in [0.25, 0.3) is 87.9 Å². The van der Waals surface area contributed by atoms with E-state index in [2.05, 4.69) is 102 Å². The predicted molar refractivity (Wildman–Crippen MR) is 191 cm³/mol. The second kappa shape index (κ2) is 9.05. The summed E-state index contributed by atoms with van der Waals surface area (Å²) in [4.78, 5) is 12.9. The van der Waals surface area contributed by atoms with E-state index in [1.54, 1.807) is 0 Å². The molecule has 0 amide bonds. The summed E-state index contributed by atoms with van der Waals surface area (Å²) in [7, 11) is 0. The van der Waals surface area contributed by atoms with Crippen LogP contribution in [0.15, 0.2) is 148 Å². The first-order valence-electron chi connectivity index (χ1n) is 15.7. The predicted octanol–water partition coefficient (Wildman–Crippen LogP) is 11.7. The molecule has 11 rings (SSSR count). The number of benzene rings is 7. The Kier molecular flexibility index (Phi) is 4.78. The van der Waals surface area contributed by atoms with Crippen LogP contribution in [0, 0.1) is 0 Å². The minimum Gasteiger partial charge on any atom is -0.456 e. The van der Waals surface area contributed by atoms with Crippen molar-refractivity contribution in [1.82, 2.24) is 9.97 Å². The number of para-hydroxylation sites is 2. The van der Waals surface area contributed by atoms with Gasteiger partial charge in [0.2, 0.25) is 5.95 Å². The number of anilines is 3. The minimum absolute atomic E-state index is 0.592. The van der Waals surface area contributed by atoms with Gasteiger partial charge >= 0.3 is 0 Å². The van der Waals surface area contributed by atoms with E-state index in [9.17, 15) is 0 Å². The van der Waals surface area contributed by atoms with Crippen LogP contribution in [-0.2, 0) is 0 Å². The lowest BCUT2D eigenvalue weighted by Crippen LogP contribution is -2.18. The zero-order valence-corrected chi connectivity index (χ0v) is 24.9. The van der Waals surface area contributed by atoms with Gasteiger partial charge in [0.25, 0.3) is 0 Å². The van der Waals surface area contributed by atoms with Crippen LogP contribution in [0.4, 0.5) is 17.3 Å². The first-order chi connectivity index (χ1) is 23.3. The summed E-state index contributed by atoms with van der Waals surface area (Å²) in [5.74, 6) is 0.592. The summed E-state index contributed by atoms with van der Waals surface area (Å²) in [6, 6.07) is 48.6.